The van der Waals surface area contributed by atoms with Crippen molar-refractivity contribution in [3.8, 4) is 0 Å². The number of nitrogens with zero attached hydrogens (tertiary/aromatic N) is 4. The molecular formula is C11H16BrN5. The quantitative estimate of drug-likeness (QED) is 0.939. The molecule has 2 heterocycles. The van der Waals surface area contributed by atoms with Crippen LogP contribution >= 0.6 is 15.9 Å². The van der Waals surface area contributed by atoms with Crippen molar-refractivity contribution in [3.05, 3.63) is 33.8 Å². The smallest absolute Gasteiger partial charge is 0.0905 e. The van der Waals surface area contributed by atoms with Gasteiger partial charge in [-0.25, -0.2) is 0 Å². The van der Waals surface area contributed by atoms with Crippen molar-refractivity contribution in [2.75, 3.05) is 0 Å². The lowest BCUT2D eigenvalue weighted by Crippen LogP contribution is -2.20. The summed E-state index contributed by atoms with van der Waals surface area (Å²) in [5.74, 6) is 0. The third kappa shape index (κ3) is 2.14. The molecule has 1 unspecified atom stereocenters. The van der Waals surface area contributed by atoms with Gasteiger partial charge in [0.1, 0.15) is 0 Å². The second-order valence-electron chi connectivity index (χ2n) is 4.01. The Labute approximate surface area is 109 Å². The van der Waals surface area contributed by atoms with E-state index in [1.165, 1.54) is 0 Å². The molecule has 2 aromatic heterocycles. The first-order valence-electron chi connectivity index (χ1n) is 5.52. The van der Waals surface area contributed by atoms with Crippen molar-refractivity contribution in [2.24, 2.45) is 12.8 Å². The molecule has 0 amide bonds. The number of nitrogens with two attached hydrogens (primary N) is 1. The van der Waals surface area contributed by atoms with E-state index in [0.717, 1.165) is 28.1 Å². The molecule has 2 aromatic rings. The molecule has 0 aliphatic carbocycles. The van der Waals surface area contributed by atoms with E-state index in [4.69, 9.17) is 5.73 Å². The fraction of sp³-hybridized carbons (Fsp3) is 0.455. The first-order valence-corrected chi connectivity index (χ1v) is 6.31. The fourth-order valence-electron chi connectivity index (χ4n) is 1.99. The van der Waals surface area contributed by atoms with Gasteiger partial charge in [-0.3, -0.25) is 9.36 Å². The molecule has 0 saturated carbocycles. The van der Waals surface area contributed by atoms with Gasteiger partial charge in [0.15, 0.2) is 0 Å². The fourth-order valence-corrected chi connectivity index (χ4v) is 2.54. The average molecular weight is 298 g/mol. The summed E-state index contributed by atoms with van der Waals surface area (Å²) in [6.45, 7) is 4.80. The minimum absolute atomic E-state index is 0.224. The maximum atomic E-state index is 6.30. The zero-order valence-electron chi connectivity index (χ0n) is 10.2. The highest BCUT2D eigenvalue weighted by molar-refractivity contribution is 9.10. The molecule has 17 heavy (non-hydrogen) atoms. The first-order chi connectivity index (χ1) is 8.04. The van der Waals surface area contributed by atoms with E-state index in [2.05, 4.69) is 26.1 Å². The van der Waals surface area contributed by atoms with Gasteiger partial charge in [-0.05, 0) is 35.8 Å². The molecule has 0 aromatic carbocycles. The molecule has 0 aliphatic rings. The Kier molecular flexibility index (Phi) is 3.35. The lowest BCUT2D eigenvalue weighted by Gasteiger charge is -2.14. The summed E-state index contributed by atoms with van der Waals surface area (Å²) in [6.07, 6.45) is 1.78. The van der Waals surface area contributed by atoms with Crippen LogP contribution in [0.5, 0.6) is 0 Å². The van der Waals surface area contributed by atoms with E-state index in [0.29, 0.717) is 0 Å². The van der Waals surface area contributed by atoms with Gasteiger partial charge in [0, 0.05) is 13.6 Å². The van der Waals surface area contributed by atoms with Crippen LogP contribution in [0.15, 0.2) is 16.7 Å². The Bertz CT molecular complexity index is 528. The summed E-state index contributed by atoms with van der Waals surface area (Å²) in [6, 6.07) is 1.78. The third-order valence-electron chi connectivity index (χ3n) is 2.78. The molecule has 0 bridgehead atoms. The predicted octanol–water partition coefficient (Wildman–Crippen LogP) is 1.76. The van der Waals surface area contributed by atoms with Crippen LogP contribution in [-0.2, 0) is 13.6 Å². The highest BCUT2D eigenvalue weighted by atomic mass is 79.9. The summed E-state index contributed by atoms with van der Waals surface area (Å²) in [4.78, 5) is 0. The van der Waals surface area contributed by atoms with E-state index in [-0.39, 0.29) is 6.04 Å². The van der Waals surface area contributed by atoms with Crippen LogP contribution in [0, 0.1) is 6.92 Å². The molecule has 0 radical (unpaired) electrons. The summed E-state index contributed by atoms with van der Waals surface area (Å²) in [5.41, 5.74) is 9.24. The zero-order chi connectivity index (χ0) is 12.6. The third-order valence-corrected chi connectivity index (χ3v) is 3.40. The topological polar surface area (TPSA) is 61.7 Å². The molecule has 6 heteroatoms. The van der Waals surface area contributed by atoms with Crippen LogP contribution in [-0.4, -0.2) is 19.6 Å². The van der Waals surface area contributed by atoms with E-state index in [1.54, 1.807) is 6.20 Å². The van der Waals surface area contributed by atoms with Crippen molar-refractivity contribution < 1.29 is 0 Å². The van der Waals surface area contributed by atoms with Gasteiger partial charge in [-0.15, -0.1) is 0 Å². The lowest BCUT2D eigenvalue weighted by molar-refractivity contribution is 0.577. The monoisotopic (exact) mass is 297 g/mol. The number of hydrogen-bond donors (Lipinski definition) is 1. The van der Waals surface area contributed by atoms with Crippen LogP contribution in [0.4, 0.5) is 0 Å². The second kappa shape index (κ2) is 4.62. The van der Waals surface area contributed by atoms with Gasteiger partial charge in [0.2, 0.25) is 0 Å². The van der Waals surface area contributed by atoms with Crippen LogP contribution in [0.1, 0.15) is 30.0 Å². The number of halogens is 1. The van der Waals surface area contributed by atoms with Gasteiger partial charge in [-0.1, -0.05) is 0 Å². The van der Waals surface area contributed by atoms with Crippen LogP contribution in [0.3, 0.4) is 0 Å². The molecule has 0 fully saturated rings. The molecule has 0 saturated heterocycles. The van der Waals surface area contributed by atoms with Crippen LogP contribution in [0.25, 0.3) is 0 Å². The summed E-state index contributed by atoms with van der Waals surface area (Å²) >= 11 is 3.49. The van der Waals surface area contributed by atoms with Gasteiger partial charge in [-0.2, -0.15) is 10.2 Å². The average Bonchev–Trinajstić information content (AvgIpc) is 2.80. The van der Waals surface area contributed by atoms with Gasteiger partial charge >= 0.3 is 0 Å². The zero-order valence-corrected chi connectivity index (χ0v) is 11.8. The van der Waals surface area contributed by atoms with Crippen molar-refractivity contribution in [3.63, 3.8) is 0 Å². The number of hydrogen-bond acceptors (Lipinski definition) is 3. The highest BCUT2D eigenvalue weighted by Crippen LogP contribution is 2.26. The van der Waals surface area contributed by atoms with Gasteiger partial charge in [0.25, 0.3) is 0 Å². The summed E-state index contributed by atoms with van der Waals surface area (Å²) < 4.78 is 4.65. The van der Waals surface area contributed by atoms with Crippen molar-refractivity contribution in [2.45, 2.75) is 26.4 Å². The minimum atomic E-state index is -0.224. The largest absolute Gasteiger partial charge is 0.318 e. The molecule has 5 nitrogen and oxygen atoms in total. The predicted molar refractivity (Wildman–Crippen MR) is 69.6 cm³/mol. The summed E-state index contributed by atoms with van der Waals surface area (Å²) in [7, 11) is 1.91. The van der Waals surface area contributed by atoms with Crippen LogP contribution < -0.4 is 5.73 Å². The number of aromatic nitrogens is 4. The molecule has 92 valence electrons. The standard InChI is InChI=1S/C11H16BrN5/c1-4-17-11(8(12)6-14-17)10(13)9-5-7(2)15-16(9)3/h5-6,10H,4,13H2,1-3H3. The summed E-state index contributed by atoms with van der Waals surface area (Å²) in [5, 5.41) is 8.60. The molecular weight excluding hydrogens is 282 g/mol. The SMILES string of the molecule is CCn1ncc(Br)c1C(N)c1cc(C)nn1C. The van der Waals surface area contributed by atoms with Crippen molar-refractivity contribution >= 4 is 15.9 Å². The normalized spacial score (nSPS) is 13.0. The highest BCUT2D eigenvalue weighted by Gasteiger charge is 2.20. The van der Waals surface area contributed by atoms with Gasteiger partial charge in [0.05, 0.1) is 33.8 Å². The van der Waals surface area contributed by atoms with E-state index in [9.17, 15) is 0 Å². The lowest BCUT2D eigenvalue weighted by atomic mass is 10.1. The number of rotatable bonds is 3. The maximum Gasteiger partial charge on any atom is 0.0905 e. The van der Waals surface area contributed by atoms with Crippen LogP contribution in [0.2, 0.25) is 0 Å². The molecule has 1 atom stereocenters. The Balaban J connectivity index is 2.46. The number of aryl methyl sites for hydroxylation is 3. The molecule has 2 rings (SSSR count). The minimum Gasteiger partial charge on any atom is -0.318 e. The van der Waals surface area contributed by atoms with Crippen molar-refractivity contribution in [1.82, 2.24) is 19.6 Å². The van der Waals surface area contributed by atoms with Crippen molar-refractivity contribution in [1.29, 1.82) is 0 Å². The Morgan fingerprint density at radius 1 is 1.53 bits per heavy atom. The van der Waals surface area contributed by atoms with E-state index < -0.39 is 0 Å². The molecule has 2 N–H and O–H groups in total. The Morgan fingerprint density at radius 2 is 2.24 bits per heavy atom. The molecule has 0 spiro atoms. The van der Waals surface area contributed by atoms with Gasteiger partial charge < -0.3 is 5.73 Å². The van der Waals surface area contributed by atoms with E-state index >= 15 is 0 Å². The first kappa shape index (κ1) is 12.3. The van der Waals surface area contributed by atoms with E-state index in [1.807, 2.05) is 36.3 Å². The maximum absolute atomic E-state index is 6.30. The molecule has 0 aliphatic heterocycles. The Morgan fingerprint density at radius 3 is 2.76 bits per heavy atom. The second-order valence-corrected chi connectivity index (χ2v) is 4.86. The Hall–Kier alpha value is -1.14.